The molecule has 0 fully saturated rings. The van der Waals surface area contributed by atoms with E-state index in [4.69, 9.17) is 4.74 Å². The van der Waals surface area contributed by atoms with E-state index in [2.05, 4.69) is 10.0 Å². The Morgan fingerprint density at radius 3 is 2.15 bits per heavy atom. The molecule has 1 heterocycles. The number of para-hydroxylation sites is 1. The second kappa shape index (κ2) is 9.97. The molecule has 5 rings (SSSR count). The third-order valence-corrected chi connectivity index (χ3v) is 10.3. The zero-order valence-corrected chi connectivity index (χ0v) is 23.1. The molecule has 0 saturated heterocycles. The first-order valence-corrected chi connectivity index (χ1v) is 16.0. The minimum absolute atomic E-state index is 0.00231. The topological polar surface area (TPSA) is 165 Å². The number of ether oxygens (including phenoxy) is 1. The maximum atomic E-state index is 13.1. The van der Waals surface area contributed by atoms with Crippen LogP contribution in [0, 0.1) is 6.92 Å². The summed E-state index contributed by atoms with van der Waals surface area (Å²) in [6.45, 7) is 1.79. The number of sulfone groups is 1. The summed E-state index contributed by atoms with van der Waals surface area (Å²) in [4.78, 5) is 11.7. The number of benzene rings is 4. The van der Waals surface area contributed by atoms with E-state index in [9.17, 15) is 30.0 Å². The van der Waals surface area contributed by atoms with Crippen LogP contribution < -0.4 is 19.5 Å². The van der Waals surface area contributed by atoms with Crippen molar-refractivity contribution in [1.29, 1.82) is 0 Å². The van der Waals surface area contributed by atoms with E-state index >= 15 is 0 Å². The molecule has 0 spiro atoms. The Kier molecular flexibility index (Phi) is 6.77. The highest BCUT2D eigenvalue weighted by Crippen LogP contribution is 2.43. The van der Waals surface area contributed by atoms with Crippen molar-refractivity contribution in [3.63, 3.8) is 0 Å². The molecule has 0 atom stereocenters. The van der Waals surface area contributed by atoms with Crippen molar-refractivity contribution in [2.75, 3.05) is 10.0 Å². The Morgan fingerprint density at radius 2 is 1.40 bits per heavy atom. The summed E-state index contributed by atoms with van der Waals surface area (Å²) >= 11 is 0. The largest absolute Gasteiger partial charge is 0.455 e. The zero-order valence-electron chi connectivity index (χ0n) is 20.7. The van der Waals surface area contributed by atoms with Crippen LogP contribution in [0.15, 0.2) is 111 Å². The van der Waals surface area contributed by atoms with Gasteiger partial charge in [0.15, 0.2) is 0 Å². The molecular formula is C26H21N3O8S3. The molecule has 0 unspecified atom stereocenters. The van der Waals surface area contributed by atoms with Crippen molar-refractivity contribution in [3.05, 3.63) is 96.6 Å². The second-order valence-corrected chi connectivity index (χ2v) is 14.0. The highest BCUT2D eigenvalue weighted by Gasteiger charge is 2.31. The lowest BCUT2D eigenvalue weighted by molar-refractivity contribution is 0.256. The summed E-state index contributed by atoms with van der Waals surface area (Å²) in [5.74, 6) is 0.225. The number of carbonyl (C=O) groups is 1. The maximum absolute atomic E-state index is 13.1. The Balaban J connectivity index is 1.34. The summed E-state index contributed by atoms with van der Waals surface area (Å²) in [6, 6.07) is 19.8. The van der Waals surface area contributed by atoms with Crippen molar-refractivity contribution in [2.45, 2.75) is 26.5 Å². The van der Waals surface area contributed by atoms with E-state index < -0.39 is 35.9 Å². The van der Waals surface area contributed by atoms with Crippen LogP contribution in [0.4, 0.5) is 16.2 Å². The molecule has 3 N–H and O–H groups in total. The number of nitrogens with one attached hydrogen (secondary N) is 3. The molecule has 1 aliphatic rings. The molecule has 40 heavy (non-hydrogen) atoms. The van der Waals surface area contributed by atoms with E-state index in [1.165, 1.54) is 54.6 Å². The van der Waals surface area contributed by atoms with Gasteiger partial charge in [-0.25, -0.2) is 34.8 Å². The van der Waals surface area contributed by atoms with Crippen LogP contribution in [0.5, 0.6) is 11.5 Å². The van der Waals surface area contributed by atoms with Crippen molar-refractivity contribution in [2.24, 2.45) is 0 Å². The van der Waals surface area contributed by atoms with Crippen LogP contribution in [-0.2, 0) is 29.9 Å². The number of urea groups is 1. The lowest BCUT2D eigenvalue weighted by Gasteiger charge is -2.21. The van der Waals surface area contributed by atoms with E-state index in [1.54, 1.807) is 31.2 Å². The fraction of sp³-hybridized carbons (Fsp3) is 0.0385. The van der Waals surface area contributed by atoms with Gasteiger partial charge in [-0.15, -0.1) is 0 Å². The first-order chi connectivity index (χ1) is 18.8. The summed E-state index contributed by atoms with van der Waals surface area (Å²) < 4.78 is 87.1. The fourth-order valence-electron chi connectivity index (χ4n) is 3.87. The first-order valence-electron chi connectivity index (χ1n) is 11.5. The molecule has 1 aliphatic heterocycles. The SMILES string of the molecule is Cc1ccc(S(=O)(=O)NC(=O)Nc2cccc(S(=O)(=O)Nc3ccc4c(c3)S(=O)(=O)c3ccccc3O4)c2)cc1. The summed E-state index contributed by atoms with van der Waals surface area (Å²) in [5.41, 5.74) is 0.800. The van der Waals surface area contributed by atoms with Gasteiger partial charge in [-0.2, -0.15) is 0 Å². The second-order valence-electron chi connectivity index (χ2n) is 8.72. The van der Waals surface area contributed by atoms with Gasteiger partial charge in [0, 0.05) is 5.69 Å². The molecule has 0 aliphatic carbocycles. The fourth-order valence-corrected chi connectivity index (χ4v) is 7.40. The van der Waals surface area contributed by atoms with Gasteiger partial charge in [0.05, 0.1) is 15.5 Å². The number of aryl methyl sites for hydroxylation is 1. The predicted octanol–water partition coefficient (Wildman–Crippen LogP) is 4.24. The number of rotatable bonds is 6. The van der Waals surface area contributed by atoms with Crippen LogP contribution in [0.2, 0.25) is 0 Å². The van der Waals surface area contributed by atoms with Crippen LogP contribution in [-0.4, -0.2) is 31.3 Å². The normalized spacial score (nSPS) is 13.7. The van der Waals surface area contributed by atoms with Crippen molar-refractivity contribution in [3.8, 4) is 11.5 Å². The third-order valence-electron chi connectivity index (χ3n) is 5.80. The third kappa shape index (κ3) is 5.36. The van der Waals surface area contributed by atoms with Gasteiger partial charge in [0.2, 0.25) is 9.84 Å². The molecule has 2 amide bonds. The predicted molar refractivity (Wildman–Crippen MR) is 146 cm³/mol. The van der Waals surface area contributed by atoms with E-state index in [0.717, 1.165) is 17.7 Å². The van der Waals surface area contributed by atoms with Gasteiger partial charge in [-0.1, -0.05) is 35.9 Å². The van der Waals surface area contributed by atoms with Crippen LogP contribution in [0.3, 0.4) is 0 Å². The van der Waals surface area contributed by atoms with E-state index in [-0.39, 0.29) is 42.5 Å². The minimum atomic E-state index is -4.25. The Hall–Kier alpha value is -4.40. The number of hydrogen-bond acceptors (Lipinski definition) is 8. The first kappa shape index (κ1) is 27.2. The van der Waals surface area contributed by atoms with Crippen molar-refractivity contribution >= 4 is 47.3 Å². The van der Waals surface area contributed by atoms with Gasteiger partial charge in [-0.05, 0) is 67.6 Å². The van der Waals surface area contributed by atoms with Crippen LogP contribution in [0.25, 0.3) is 0 Å². The Bertz CT molecular complexity index is 1970. The van der Waals surface area contributed by atoms with Gasteiger partial charge < -0.3 is 10.1 Å². The minimum Gasteiger partial charge on any atom is -0.455 e. The Labute approximate surface area is 230 Å². The van der Waals surface area contributed by atoms with Gasteiger partial charge >= 0.3 is 6.03 Å². The number of amides is 2. The summed E-state index contributed by atoms with van der Waals surface area (Å²) in [7, 11) is -12.4. The van der Waals surface area contributed by atoms with Gasteiger partial charge in [-0.3, -0.25) is 4.72 Å². The van der Waals surface area contributed by atoms with Crippen molar-refractivity contribution in [1.82, 2.24) is 4.72 Å². The quantitative estimate of drug-likeness (QED) is 0.261. The number of anilines is 2. The maximum Gasteiger partial charge on any atom is 0.333 e. The van der Waals surface area contributed by atoms with Gasteiger partial charge in [0.1, 0.15) is 21.3 Å². The lowest BCUT2D eigenvalue weighted by Crippen LogP contribution is -2.34. The van der Waals surface area contributed by atoms with E-state index in [1.807, 2.05) is 4.72 Å². The van der Waals surface area contributed by atoms with Crippen LogP contribution in [0.1, 0.15) is 5.56 Å². The summed E-state index contributed by atoms with van der Waals surface area (Å²) in [5, 5.41) is 2.30. The monoisotopic (exact) mass is 599 g/mol. The number of fused-ring (bicyclic) bond motifs is 2. The highest BCUT2D eigenvalue weighted by molar-refractivity contribution is 7.93. The summed E-state index contributed by atoms with van der Waals surface area (Å²) in [6.07, 6.45) is 0. The van der Waals surface area contributed by atoms with Gasteiger partial charge in [0.25, 0.3) is 20.0 Å². The number of hydrogen-bond donors (Lipinski definition) is 3. The molecule has 0 radical (unpaired) electrons. The molecule has 4 aromatic carbocycles. The molecule has 11 nitrogen and oxygen atoms in total. The number of sulfonamides is 2. The molecular weight excluding hydrogens is 579 g/mol. The lowest BCUT2D eigenvalue weighted by atomic mass is 10.2. The molecule has 4 aromatic rings. The molecule has 0 aromatic heterocycles. The zero-order chi connectivity index (χ0) is 28.7. The van der Waals surface area contributed by atoms with E-state index in [0.29, 0.717) is 0 Å². The molecule has 206 valence electrons. The average Bonchev–Trinajstić information content (AvgIpc) is 2.89. The smallest absolute Gasteiger partial charge is 0.333 e. The van der Waals surface area contributed by atoms with Crippen LogP contribution >= 0.6 is 0 Å². The standard InChI is InChI=1S/C26H21N3O8S3/c1-17-9-12-20(13-10-17)39(33,34)29-26(30)27-18-5-4-6-21(15-18)40(35,36)28-19-11-14-23-25(16-19)38(31,32)24-8-3-2-7-22(24)37-23/h2-16,28H,1H3,(H2,27,29,30). The Morgan fingerprint density at radius 1 is 0.700 bits per heavy atom. The average molecular weight is 600 g/mol. The molecule has 14 heteroatoms. The van der Waals surface area contributed by atoms with Crippen molar-refractivity contribution < 1.29 is 34.8 Å². The number of carbonyl (C=O) groups excluding carboxylic acids is 1. The molecule has 0 bridgehead atoms. The highest BCUT2D eigenvalue weighted by atomic mass is 32.2. The molecule has 0 saturated carbocycles.